The molecule has 0 fully saturated rings. The van der Waals surface area contributed by atoms with Gasteiger partial charge in [-0.15, -0.1) is 0 Å². The predicted molar refractivity (Wildman–Crippen MR) is 59.0 cm³/mol. The lowest BCUT2D eigenvalue weighted by molar-refractivity contribution is -0.151. The number of hydrogen-bond acceptors (Lipinski definition) is 4. The zero-order valence-corrected chi connectivity index (χ0v) is 10.8. The van der Waals surface area contributed by atoms with Crippen LogP contribution in [0.25, 0.3) is 0 Å². The zero-order valence-electron chi connectivity index (χ0n) is 7.67. The van der Waals surface area contributed by atoms with Crippen LogP contribution in [-0.2, 0) is 9.59 Å². The molecule has 0 bridgehead atoms. The Kier molecular flexibility index (Phi) is 5.80. The van der Waals surface area contributed by atoms with Gasteiger partial charge in [-0.1, -0.05) is 0 Å². The number of carboxylic acids is 1. The highest BCUT2D eigenvalue weighted by molar-refractivity contribution is 9.21. The van der Waals surface area contributed by atoms with E-state index in [-0.39, 0.29) is 6.42 Å². The van der Waals surface area contributed by atoms with Gasteiger partial charge in [0.25, 0.3) is 0 Å². The lowest BCUT2D eigenvalue weighted by atomic mass is 9.90. The summed E-state index contributed by atoms with van der Waals surface area (Å²) in [6.45, 7) is 1.58. The van der Waals surface area contributed by atoms with Gasteiger partial charge in [-0.05, 0) is 26.3 Å². The molecule has 0 unspecified atom stereocenters. The van der Waals surface area contributed by atoms with Crippen LogP contribution < -0.4 is 5.73 Å². The van der Waals surface area contributed by atoms with Crippen LogP contribution in [-0.4, -0.2) is 31.9 Å². The van der Waals surface area contributed by atoms with E-state index in [1.807, 2.05) is 0 Å². The summed E-state index contributed by atoms with van der Waals surface area (Å²) in [5.41, 5.74) is 3.70. The minimum atomic E-state index is -1.58. The number of Topliss-reactive ketones (excluding diaryl/α,β-unsaturated/α-hetero) is 1. The van der Waals surface area contributed by atoms with Gasteiger partial charge in [0.05, 0.1) is 0 Å². The Morgan fingerprint density at radius 1 is 1.50 bits per heavy atom. The third kappa shape index (κ3) is 2.75. The molecular formula is C7H12Br2N2O3. The van der Waals surface area contributed by atoms with Crippen molar-refractivity contribution in [2.24, 2.45) is 5.73 Å². The first-order valence-corrected chi connectivity index (χ1v) is 5.37. The van der Waals surface area contributed by atoms with Crippen molar-refractivity contribution in [1.29, 1.82) is 0 Å². The molecule has 0 aliphatic carbocycles. The first kappa shape index (κ1) is 14.0. The third-order valence-electron chi connectivity index (χ3n) is 1.97. The van der Waals surface area contributed by atoms with E-state index in [1.54, 1.807) is 0 Å². The summed E-state index contributed by atoms with van der Waals surface area (Å²) < 4.78 is 1.06. The van der Waals surface area contributed by atoms with Crippen LogP contribution in [0.2, 0.25) is 0 Å². The molecule has 0 heterocycles. The second-order valence-corrected chi connectivity index (χ2v) is 5.22. The number of nitrogens with zero attached hydrogens (tertiary/aromatic N) is 1. The first-order valence-electron chi connectivity index (χ1n) is 3.96. The molecule has 0 aliphatic heterocycles. The molecule has 0 spiro atoms. The number of rotatable bonds is 6. The molecule has 0 saturated carbocycles. The minimum Gasteiger partial charge on any atom is -0.479 e. The summed E-state index contributed by atoms with van der Waals surface area (Å²) in [4.78, 5) is 22.4. The summed E-state index contributed by atoms with van der Waals surface area (Å²) in [7, 11) is 0. The molecule has 0 aliphatic rings. The Labute approximate surface area is 99.3 Å². The third-order valence-corrected chi connectivity index (χ3v) is 3.18. The van der Waals surface area contributed by atoms with Crippen molar-refractivity contribution >= 4 is 44.0 Å². The topological polar surface area (TPSA) is 83.6 Å². The maximum Gasteiger partial charge on any atom is 0.333 e. The average molecular weight is 332 g/mol. The van der Waals surface area contributed by atoms with Gasteiger partial charge in [0.1, 0.15) is 0 Å². The van der Waals surface area contributed by atoms with Crippen LogP contribution in [0.15, 0.2) is 0 Å². The summed E-state index contributed by atoms with van der Waals surface area (Å²) in [5, 5.41) is 9.03. The zero-order chi connectivity index (χ0) is 11.4. The Bertz CT molecular complexity index is 219. The number of carbonyl (C=O) groups is 2. The van der Waals surface area contributed by atoms with Gasteiger partial charge in [-0.3, -0.25) is 4.79 Å². The van der Waals surface area contributed by atoms with Gasteiger partial charge in [0.2, 0.25) is 0 Å². The van der Waals surface area contributed by atoms with E-state index in [2.05, 4.69) is 32.3 Å². The number of carbonyl (C=O) groups excluding carboxylic acids is 1. The minimum absolute atomic E-state index is 0.157. The van der Waals surface area contributed by atoms with E-state index in [0.717, 1.165) is 2.95 Å². The predicted octanol–water partition coefficient (Wildman–Crippen LogP) is 1.06. The highest BCUT2D eigenvalue weighted by atomic mass is 79.9. The molecule has 0 aromatic carbocycles. The second kappa shape index (κ2) is 5.79. The van der Waals surface area contributed by atoms with Gasteiger partial charge in [0.15, 0.2) is 11.3 Å². The Morgan fingerprint density at radius 2 is 2.00 bits per heavy atom. The van der Waals surface area contributed by atoms with Crippen molar-refractivity contribution in [3.05, 3.63) is 0 Å². The fourth-order valence-corrected chi connectivity index (χ4v) is 2.22. The summed E-state index contributed by atoms with van der Waals surface area (Å²) in [6, 6.07) is 0. The van der Waals surface area contributed by atoms with E-state index in [0.29, 0.717) is 13.0 Å². The molecule has 0 amide bonds. The molecule has 0 radical (unpaired) electrons. The van der Waals surface area contributed by atoms with Crippen LogP contribution in [0.5, 0.6) is 0 Å². The van der Waals surface area contributed by atoms with E-state index in [4.69, 9.17) is 10.8 Å². The number of carboxylic acid groups (broad SMARTS) is 1. The van der Waals surface area contributed by atoms with Gasteiger partial charge < -0.3 is 10.8 Å². The van der Waals surface area contributed by atoms with E-state index in [9.17, 15) is 9.59 Å². The number of halogens is 2. The fourth-order valence-electron chi connectivity index (χ4n) is 1.07. The standard InChI is InChI=1S/C7H12Br2N2O3/c1-5(12)7(6(13)14,11(8)9)3-2-4-10/h2-4,10H2,1H3,(H,13,14)/t7-/m1/s1. The maximum atomic E-state index is 11.3. The molecule has 7 heteroatoms. The van der Waals surface area contributed by atoms with Crippen molar-refractivity contribution in [2.45, 2.75) is 25.3 Å². The largest absolute Gasteiger partial charge is 0.479 e. The molecule has 1 atom stereocenters. The summed E-state index contributed by atoms with van der Waals surface area (Å²) in [6.07, 6.45) is 0.615. The second-order valence-electron chi connectivity index (χ2n) is 2.85. The lowest BCUT2D eigenvalue weighted by Crippen LogP contribution is -2.52. The van der Waals surface area contributed by atoms with Crippen molar-refractivity contribution in [2.75, 3.05) is 6.54 Å². The maximum absolute atomic E-state index is 11.3. The van der Waals surface area contributed by atoms with Crippen LogP contribution in [0.4, 0.5) is 0 Å². The molecule has 5 nitrogen and oxygen atoms in total. The van der Waals surface area contributed by atoms with Gasteiger partial charge in [0, 0.05) is 32.3 Å². The highest BCUT2D eigenvalue weighted by Gasteiger charge is 2.47. The molecule has 0 saturated heterocycles. The van der Waals surface area contributed by atoms with E-state index in [1.165, 1.54) is 6.92 Å². The lowest BCUT2D eigenvalue weighted by Gasteiger charge is -2.29. The van der Waals surface area contributed by atoms with Crippen LogP contribution >= 0.6 is 32.3 Å². The highest BCUT2D eigenvalue weighted by Crippen LogP contribution is 2.30. The fraction of sp³-hybridized carbons (Fsp3) is 0.714. The molecule has 14 heavy (non-hydrogen) atoms. The molecule has 82 valence electrons. The SMILES string of the molecule is CC(=O)[C@](CCCN)(C(=O)O)N(Br)Br. The molecule has 0 aromatic heterocycles. The van der Waals surface area contributed by atoms with Gasteiger partial charge in [-0.25, -0.2) is 4.79 Å². The molecule has 0 aromatic rings. The number of nitrogens with two attached hydrogens (primary N) is 1. The van der Waals surface area contributed by atoms with Gasteiger partial charge >= 0.3 is 5.97 Å². The smallest absolute Gasteiger partial charge is 0.333 e. The van der Waals surface area contributed by atoms with Crippen molar-refractivity contribution < 1.29 is 14.7 Å². The average Bonchev–Trinajstić information content (AvgIpc) is 2.03. The number of ketones is 1. The Hall–Kier alpha value is 0.0200. The van der Waals surface area contributed by atoms with Gasteiger partial charge in [-0.2, -0.15) is 2.95 Å². The summed E-state index contributed by atoms with van der Waals surface area (Å²) >= 11 is 5.87. The van der Waals surface area contributed by atoms with Crippen molar-refractivity contribution in [3.63, 3.8) is 0 Å². The monoisotopic (exact) mass is 330 g/mol. The molecule has 0 rings (SSSR count). The van der Waals surface area contributed by atoms with E-state index < -0.39 is 17.3 Å². The Balaban J connectivity index is 4.95. The van der Waals surface area contributed by atoms with Crippen LogP contribution in [0, 0.1) is 0 Å². The Morgan fingerprint density at radius 3 is 2.21 bits per heavy atom. The van der Waals surface area contributed by atoms with E-state index >= 15 is 0 Å². The number of hydrogen-bond donors (Lipinski definition) is 2. The van der Waals surface area contributed by atoms with Crippen molar-refractivity contribution in [1.82, 2.24) is 2.95 Å². The number of aliphatic carboxylic acids is 1. The van der Waals surface area contributed by atoms with Crippen LogP contribution in [0.1, 0.15) is 19.8 Å². The molecule has 3 N–H and O–H groups in total. The summed E-state index contributed by atoms with van der Waals surface area (Å²) in [5.74, 6) is -1.65. The van der Waals surface area contributed by atoms with Crippen molar-refractivity contribution in [3.8, 4) is 0 Å². The van der Waals surface area contributed by atoms with Crippen LogP contribution in [0.3, 0.4) is 0 Å². The quantitative estimate of drug-likeness (QED) is 0.561. The first-order chi connectivity index (χ1) is 6.39. The molecular weight excluding hydrogens is 320 g/mol. The normalized spacial score (nSPS) is 15.2.